The van der Waals surface area contributed by atoms with Gasteiger partial charge in [-0.3, -0.25) is 4.90 Å². The summed E-state index contributed by atoms with van der Waals surface area (Å²) in [6, 6.07) is 11.1. The van der Waals surface area contributed by atoms with E-state index < -0.39 is 0 Å². The topological polar surface area (TPSA) is 94.7 Å². The molecule has 156 valence electrons. The maximum absolute atomic E-state index is 4.70. The summed E-state index contributed by atoms with van der Waals surface area (Å²) in [5.74, 6) is 1.91. The van der Waals surface area contributed by atoms with Crippen molar-refractivity contribution >= 4 is 39.5 Å². The molecule has 8 heteroatoms. The summed E-state index contributed by atoms with van der Waals surface area (Å²) in [5.41, 5.74) is 1.41. The van der Waals surface area contributed by atoms with Crippen molar-refractivity contribution in [2.24, 2.45) is 0 Å². The summed E-state index contributed by atoms with van der Waals surface area (Å²) in [5, 5.41) is 8.85. The Bertz CT molecular complexity index is 1120. The zero-order valence-electron chi connectivity index (χ0n) is 17.8. The Morgan fingerprint density at radius 2 is 1.77 bits per heavy atom. The van der Waals surface area contributed by atoms with E-state index in [2.05, 4.69) is 69.2 Å². The van der Waals surface area contributed by atoms with Crippen LogP contribution in [0.5, 0.6) is 0 Å². The van der Waals surface area contributed by atoms with E-state index in [0.717, 1.165) is 41.0 Å². The van der Waals surface area contributed by atoms with Crippen LogP contribution in [0.3, 0.4) is 0 Å². The number of pyridine rings is 1. The minimum Gasteiger partial charge on any atom is -0.367 e. The quantitative estimate of drug-likeness (QED) is 0.406. The summed E-state index contributed by atoms with van der Waals surface area (Å²) in [7, 11) is 0. The van der Waals surface area contributed by atoms with Crippen molar-refractivity contribution in [2.45, 2.75) is 39.8 Å². The van der Waals surface area contributed by atoms with Gasteiger partial charge in [-0.05, 0) is 39.1 Å². The molecule has 0 spiro atoms. The number of imidazole rings is 1. The van der Waals surface area contributed by atoms with Crippen molar-refractivity contribution in [2.75, 3.05) is 23.7 Å². The van der Waals surface area contributed by atoms with Gasteiger partial charge in [0.2, 0.25) is 5.95 Å². The second-order valence-corrected chi connectivity index (χ2v) is 7.85. The normalized spacial score (nSPS) is 11.8. The van der Waals surface area contributed by atoms with Crippen LogP contribution in [0.4, 0.5) is 17.6 Å². The molecule has 8 nitrogen and oxygen atoms in total. The van der Waals surface area contributed by atoms with E-state index >= 15 is 0 Å². The standard InChI is InChI=1S/C22H28N8/c1-14(2)30(15(3)4)12-11-24-20-18-21(26-13-25-18)29-22(28-20)27-19-17-8-6-5-7-16(17)9-10-23-19/h5-10,13-15H,11-12H2,1-4H3,(H3,23,24,25,26,27,28,29). The minimum atomic E-state index is 0.463. The monoisotopic (exact) mass is 404 g/mol. The Morgan fingerprint density at radius 1 is 0.967 bits per heavy atom. The molecule has 0 atom stereocenters. The summed E-state index contributed by atoms with van der Waals surface area (Å²) in [4.78, 5) is 23.6. The number of H-pyrrole nitrogens is 1. The van der Waals surface area contributed by atoms with Crippen LogP contribution in [0.25, 0.3) is 21.9 Å². The van der Waals surface area contributed by atoms with Crippen LogP contribution in [0.1, 0.15) is 27.7 Å². The number of hydrogen-bond acceptors (Lipinski definition) is 7. The van der Waals surface area contributed by atoms with Gasteiger partial charge in [-0.25, -0.2) is 9.97 Å². The second-order valence-electron chi connectivity index (χ2n) is 7.85. The van der Waals surface area contributed by atoms with Crippen molar-refractivity contribution in [1.82, 2.24) is 29.8 Å². The Hall–Kier alpha value is -3.26. The molecule has 0 aliphatic carbocycles. The average molecular weight is 405 g/mol. The summed E-state index contributed by atoms with van der Waals surface area (Å²) in [6.45, 7) is 10.6. The fourth-order valence-corrected chi connectivity index (χ4v) is 3.76. The first-order chi connectivity index (χ1) is 14.5. The molecule has 3 N–H and O–H groups in total. The van der Waals surface area contributed by atoms with Crippen molar-refractivity contribution in [1.29, 1.82) is 0 Å². The molecule has 0 radical (unpaired) electrons. The first-order valence-electron chi connectivity index (χ1n) is 10.3. The van der Waals surface area contributed by atoms with Crippen molar-refractivity contribution < 1.29 is 0 Å². The van der Waals surface area contributed by atoms with Crippen LogP contribution < -0.4 is 10.6 Å². The third-order valence-electron chi connectivity index (χ3n) is 5.18. The van der Waals surface area contributed by atoms with Gasteiger partial charge in [0.25, 0.3) is 0 Å². The molecule has 0 bridgehead atoms. The van der Waals surface area contributed by atoms with Gasteiger partial charge >= 0.3 is 0 Å². The molecule has 30 heavy (non-hydrogen) atoms. The van der Waals surface area contributed by atoms with Gasteiger partial charge in [-0.2, -0.15) is 9.97 Å². The molecule has 4 aromatic rings. The van der Waals surface area contributed by atoms with Crippen LogP contribution in [0.2, 0.25) is 0 Å². The van der Waals surface area contributed by atoms with E-state index in [9.17, 15) is 0 Å². The molecule has 1 aromatic carbocycles. The average Bonchev–Trinajstić information content (AvgIpc) is 3.19. The predicted octanol–water partition coefficient (Wildman–Crippen LogP) is 4.18. The number of nitrogens with zero attached hydrogens (tertiary/aromatic N) is 5. The maximum Gasteiger partial charge on any atom is 0.232 e. The summed E-state index contributed by atoms with van der Waals surface area (Å²) >= 11 is 0. The van der Waals surface area contributed by atoms with Crippen molar-refractivity contribution in [3.8, 4) is 0 Å². The fourth-order valence-electron chi connectivity index (χ4n) is 3.76. The van der Waals surface area contributed by atoms with Crippen LogP contribution in [0.15, 0.2) is 42.9 Å². The van der Waals surface area contributed by atoms with Crippen LogP contribution in [-0.2, 0) is 0 Å². The summed E-state index contributed by atoms with van der Waals surface area (Å²) in [6.07, 6.45) is 3.42. The second kappa shape index (κ2) is 8.62. The molecule has 0 aliphatic rings. The largest absolute Gasteiger partial charge is 0.367 e. The summed E-state index contributed by atoms with van der Waals surface area (Å²) < 4.78 is 0. The molecule has 0 fully saturated rings. The van der Waals surface area contributed by atoms with Crippen LogP contribution in [0, 0.1) is 0 Å². The lowest BCUT2D eigenvalue weighted by atomic mass is 10.1. The van der Waals surface area contributed by atoms with E-state index in [1.165, 1.54) is 0 Å². The lowest BCUT2D eigenvalue weighted by Crippen LogP contribution is -2.40. The van der Waals surface area contributed by atoms with Crippen LogP contribution >= 0.6 is 0 Å². The van der Waals surface area contributed by atoms with E-state index in [4.69, 9.17) is 4.98 Å². The Morgan fingerprint density at radius 3 is 2.57 bits per heavy atom. The van der Waals surface area contributed by atoms with Gasteiger partial charge in [-0.15, -0.1) is 0 Å². The van der Waals surface area contributed by atoms with E-state index in [1.54, 1.807) is 12.5 Å². The van der Waals surface area contributed by atoms with Crippen LogP contribution in [-0.4, -0.2) is 55.0 Å². The molecule has 4 rings (SSSR count). The molecule has 0 amide bonds. The van der Waals surface area contributed by atoms with Crippen molar-refractivity contribution in [3.05, 3.63) is 42.9 Å². The molecular formula is C22H28N8. The highest BCUT2D eigenvalue weighted by Gasteiger charge is 2.15. The fraction of sp³-hybridized carbons (Fsp3) is 0.364. The number of fused-ring (bicyclic) bond motifs is 2. The van der Waals surface area contributed by atoms with Crippen molar-refractivity contribution in [3.63, 3.8) is 0 Å². The SMILES string of the molecule is CC(C)N(CCNc1nc(Nc2nccc3ccccc23)nc2nc[nH]c12)C(C)C. The van der Waals surface area contributed by atoms with E-state index in [0.29, 0.717) is 23.7 Å². The number of aromatic nitrogens is 5. The third kappa shape index (κ3) is 4.18. The number of aromatic amines is 1. The Labute approximate surface area is 176 Å². The molecule has 0 saturated heterocycles. The maximum atomic E-state index is 4.70. The smallest absolute Gasteiger partial charge is 0.232 e. The lowest BCUT2D eigenvalue weighted by Gasteiger charge is -2.30. The molecule has 0 saturated carbocycles. The third-order valence-corrected chi connectivity index (χ3v) is 5.18. The van der Waals surface area contributed by atoms with Gasteiger partial charge < -0.3 is 15.6 Å². The van der Waals surface area contributed by atoms with E-state index in [1.807, 2.05) is 24.3 Å². The molecule has 3 heterocycles. The Balaban J connectivity index is 1.58. The number of rotatable bonds is 8. The zero-order chi connectivity index (χ0) is 21.1. The zero-order valence-corrected chi connectivity index (χ0v) is 17.8. The number of nitrogens with one attached hydrogen (secondary N) is 3. The highest BCUT2D eigenvalue weighted by atomic mass is 15.2. The predicted molar refractivity (Wildman–Crippen MR) is 122 cm³/mol. The lowest BCUT2D eigenvalue weighted by molar-refractivity contribution is 0.182. The van der Waals surface area contributed by atoms with Gasteiger partial charge in [0.1, 0.15) is 11.3 Å². The Kier molecular flexibility index (Phi) is 5.76. The number of anilines is 3. The first kappa shape index (κ1) is 20.0. The molecule has 3 aromatic heterocycles. The first-order valence-corrected chi connectivity index (χ1v) is 10.3. The van der Waals surface area contributed by atoms with Gasteiger partial charge in [-0.1, -0.05) is 24.3 Å². The van der Waals surface area contributed by atoms with E-state index in [-0.39, 0.29) is 0 Å². The van der Waals surface area contributed by atoms with Gasteiger partial charge in [0, 0.05) is 36.8 Å². The molecule has 0 unspecified atom stereocenters. The highest BCUT2D eigenvalue weighted by Crippen LogP contribution is 2.25. The minimum absolute atomic E-state index is 0.463. The molecular weight excluding hydrogens is 376 g/mol. The van der Waals surface area contributed by atoms with Gasteiger partial charge in [0.05, 0.1) is 6.33 Å². The number of hydrogen-bond donors (Lipinski definition) is 3. The molecule has 0 aliphatic heterocycles. The highest BCUT2D eigenvalue weighted by molar-refractivity contribution is 5.93. The van der Waals surface area contributed by atoms with Gasteiger partial charge in [0.15, 0.2) is 11.5 Å². The number of benzene rings is 1.